The van der Waals surface area contributed by atoms with Gasteiger partial charge >= 0.3 is 6.18 Å². The number of halogens is 4. The molecule has 1 amide bonds. The van der Waals surface area contributed by atoms with Gasteiger partial charge in [-0.3, -0.25) is 4.79 Å². The first kappa shape index (κ1) is 21.5. The van der Waals surface area contributed by atoms with Crippen LogP contribution in [0.1, 0.15) is 37.8 Å². The van der Waals surface area contributed by atoms with Crippen molar-refractivity contribution in [3.05, 3.63) is 41.8 Å². The van der Waals surface area contributed by atoms with Gasteiger partial charge in [-0.05, 0) is 43.2 Å². The van der Waals surface area contributed by atoms with E-state index in [1.165, 1.54) is 12.1 Å². The Hall–Kier alpha value is -2.16. The van der Waals surface area contributed by atoms with Crippen LogP contribution in [-0.4, -0.2) is 39.6 Å². The molecule has 0 atom stereocenters. The molecule has 29 heavy (non-hydrogen) atoms. The number of benzene rings is 1. The minimum Gasteiger partial charge on any atom is -0.342 e. The summed E-state index contributed by atoms with van der Waals surface area (Å²) in [5, 5.41) is -0.135. The summed E-state index contributed by atoms with van der Waals surface area (Å²) >= 11 is 0.876. The maximum atomic E-state index is 13.3. The number of amides is 1. The summed E-state index contributed by atoms with van der Waals surface area (Å²) in [5.41, 5.74) is -0.725. The lowest BCUT2D eigenvalue weighted by Gasteiger charge is -2.31. The van der Waals surface area contributed by atoms with Crippen molar-refractivity contribution in [2.24, 2.45) is 0 Å². The van der Waals surface area contributed by atoms with Gasteiger partial charge in [0.2, 0.25) is 5.91 Å². The number of hydrogen-bond acceptors (Lipinski definition) is 4. The number of carbonyl (C=O) groups excluding carboxylic acids is 1. The Balaban J connectivity index is 1.78. The lowest BCUT2D eigenvalue weighted by molar-refractivity contribution is -0.141. The maximum Gasteiger partial charge on any atom is 0.433 e. The van der Waals surface area contributed by atoms with Crippen LogP contribution in [0.3, 0.4) is 0 Å². The molecule has 0 radical (unpaired) electrons. The molecule has 2 aromatic rings. The van der Waals surface area contributed by atoms with Gasteiger partial charge in [0.25, 0.3) is 0 Å². The highest BCUT2D eigenvalue weighted by Crippen LogP contribution is 2.32. The molecule has 9 heteroatoms. The van der Waals surface area contributed by atoms with Crippen molar-refractivity contribution in [2.75, 3.05) is 12.8 Å². The van der Waals surface area contributed by atoms with Gasteiger partial charge in [0.05, 0.1) is 11.4 Å². The van der Waals surface area contributed by atoms with Crippen molar-refractivity contribution in [1.82, 2.24) is 14.9 Å². The number of hydrogen-bond donors (Lipinski definition) is 0. The summed E-state index contributed by atoms with van der Waals surface area (Å²) in [4.78, 5) is 21.9. The molecule has 4 nitrogen and oxygen atoms in total. The standard InChI is InChI=1S/C20H21F4N3OS/c1-27(15-5-3-2-4-6-15)18(28)12-29-19-25-16(11-17(26-19)20(22,23)24)13-7-9-14(21)10-8-13/h7-11,15H,2-6,12H2,1H3. The van der Waals surface area contributed by atoms with Crippen LogP contribution in [0.4, 0.5) is 17.6 Å². The summed E-state index contributed by atoms with van der Waals surface area (Å²) in [5.74, 6) is -0.701. The van der Waals surface area contributed by atoms with Crippen molar-refractivity contribution < 1.29 is 22.4 Å². The van der Waals surface area contributed by atoms with E-state index in [9.17, 15) is 22.4 Å². The Labute approximate surface area is 170 Å². The Morgan fingerprint density at radius 3 is 2.41 bits per heavy atom. The fraction of sp³-hybridized carbons (Fsp3) is 0.450. The van der Waals surface area contributed by atoms with Crippen molar-refractivity contribution in [3.8, 4) is 11.3 Å². The quantitative estimate of drug-likeness (QED) is 0.375. The zero-order valence-electron chi connectivity index (χ0n) is 15.9. The molecule has 1 saturated carbocycles. The Kier molecular flexibility index (Phi) is 6.77. The fourth-order valence-electron chi connectivity index (χ4n) is 3.30. The zero-order chi connectivity index (χ0) is 21.0. The molecule has 1 heterocycles. The molecule has 1 fully saturated rings. The smallest absolute Gasteiger partial charge is 0.342 e. The predicted molar refractivity (Wildman–Crippen MR) is 103 cm³/mol. The lowest BCUT2D eigenvalue weighted by atomic mass is 9.94. The third-order valence-corrected chi connectivity index (χ3v) is 5.81. The summed E-state index contributed by atoms with van der Waals surface area (Å²) < 4.78 is 52.9. The van der Waals surface area contributed by atoms with Gasteiger partial charge < -0.3 is 4.90 Å². The summed E-state index contributed by atoms with van der Waals surface area (Å²) in [6.45, 7) is 0. The van der Waals surface area contributed by atoms with Crippen LogP contribution in [-0.2, 0) is 11.0 Å². The largest absolute Gasteiger partial charge is 0.433 e. The van der Waals surface area contributed by atoms with Gasteiger partial charge in [-0.25, -0.2) is 14.4 Å². The van der Waals surface area contributed by atoms with Crippen LogP contribution in [0.15, 0.2) is 35.5 Å². The number of thioether (sulfide) groups is 1. The monoisotopic (exact) mass is 427 g/mol. The fourth-order valence-corrected chi connectivity index (χ4v) is 4.09. The van der Waals surface area contributed by atoms with Crippen LogP contribution in [0.5, 0.6) is 0 Å². The summed E-state index contributed by atoms with van der Waals surface area (Å²) in [7, 11) is 1.73. The highest BCUT2D eigenvalue weighted by Gasteiger charge is 2.34. The van der Waals surface area contributed by atoms with E-state index in [4.69, 9.17) is 0 Å². The summed E-state index contributed by atoms with van der Waals surface area (Å²) in [6.07, 6.45) is 0.553. The minimum atomic E-state index is -4.66. The van der Waals surface area contributed by atoms with Crippen LogP contribution in [0.2, 0.25) is 0 Å². The van der Waals surface area contributed by atoms with Gasteiger partial charge in [-0.2, -0.15) is 13.2 Å². The van der Waals surface area contributed by atoms with E-state index in [1.807, 2.05) is 0 Å². The Morgan fingerprint density at radius 2 is 1.79 bits per heavy atom. The van der Waals surface area contributed by atoms with E-state index in [1.54, 1.807) is 11.9 Å². The summed E-state index contributed by atoms with van der Waals surface area (Å²) in [6, 6.07) is 6.02. The minimum absolute atomic E-state index is 0.0305. The Morgan fingerprint density at radius 1 is 1.14 bits per heavy atom. The number of aromatic nitrogens is 2. The SMILES string of the molecule is CN(C(=O)CSc1nc(-c2ccc(F)cc2)cc(C(F)(F)F)n1)C1CCCCC1. The molecule has 1 aromatic carbocycles. The first-order valence-corrected chi connectivity index (χ1v) is 10.3. The number of carbonyl (C=O) groups is 1. The molecule has 156 valence electrons. The molecule has 1 aromatic heterocycles. The highest BCUT2D eigenvalue weighted by molar-refractivity contribution is 7.99. The van der Waals surface area contributed by atoms with Crippen LogP contribution >= 0.6 is 11.8 Å². The lowest BCUT2D eigenvalue weighted by Crippen LogP contribution is -2.39. The molecule has 0 saturated heterocycles. The molecule has 0 aliphatic heterocycles. The Bertz CT molecular complexity index is 852. The van der Waals surface area contributed by atoms with Crippen molar-refractivity contribution >= 4 is 17.7 Å². The van der Waals surface area contributed by atoms with Crippen molar-refractivity contribution in [2.45, 2.75) is 49.5 Å². The second-order valence-electron chi connectivity index (χ2n) is 7.01. The van der Waals surface area contributed by atoms with E-state index in [0.29, 0.717) is 5.56 Å². The maximum absolute atomic E-state index is 13.3. The van der Waals surface area contributed by atoms with E-state index in [2.05, 4.69) is 9.97 Å². The molecule has 0 spiro atoms. The van der Waals surface area contributed by atoms with Crippen LogP contribution in [0, 0.1) is 5.82 Å². The number of alkyl halides is 3. The molecule has 0 N–H and O–H groups in total. The first-order valence-electron chi connectivity index (χ1n) is 9.35. The molecular formula is C20H21F4N3OS. The van der Waals surface area contributed by atoms with Crippen molar-refractivity contribution in [3.63, 3.8) is 0 Å². The molecule has 1 aliphatic rings. The first-order chi connectivity index (χ1) is 13.7. The van der Waals surface area contributed by atoms with Crippen LogP contribution in [0.25, 0.3) is 11.3 Å². The number of rotatable bonds is 5. The zero-order valence-corrected chi connectivity index (χ0v) is 16.7. The normalized spacial score (nSPS) is 15.3. The second kappa shape index (κ2) is 9.11. The second-order valence-corrected chi connectivity index (χ2v) is 7.95. The van der Waals surface area contributed by atoms with Gasteiger partial charge in [-0.1, -0.05) is 31.0 Å². The molecule has 0 bridgehead atoms. The van der Waals surface area contributed by atoms with Gasteiger partial charge in [0.1, 0.15) is 11.5 Å². The van der Waals surface area contributed by atoms with Crippen LogP contribution < -0.4 is 0 Å². The van der Waals surface area contributed by atoms with Gasteiger partial charge in [0, 0.05) is 18.7 Å². The third-order valence-electron chi connectivity index (χ3n) is 4.98. The van der Waals surface area contributed by atoms with Gasteiger partial charge in [0.15, 0.2) is 5.16 Å². The highest BCUT2D eigenvalue weighted by atomic mass is 32.2. The third kappa shape index (κ3) is 5.68. The average molecular weight is 427 g/mol. The predicted octanol–water partition coefficient (Wildman–Crippen LogP) is 5.18. The average Bonchev–Trinajstić information content (AvgIpc) is 2.71. The van der Waals surface area contributed by atoms with E-state index in [-0.39, 0.29) is 28.6 Å². The topological polar surface area (TPSA) is 46.1 Å². The molecule has 3 rings (SSSR count). The van der Waals surface area contributed by atoms with E-state index >= 15 is 0 Å². The van der Waals surface area contributed by atoms with E-state index < -0.39 is 17.7 Å². The van der Waals surface area contributed by atoms with Crippen molar-refractivity contribution in [1.29, 1.82) is 0 Å². The van der Waals surface area contributed by atoms with Gasteiger partial charge in [-0.15, -0.1) is 0 Å². The molecule has 1 aliphatic carbocycles. The molecular weight excluding hydrogens is 406 g/mol. The van der Waals surface area contributed by atoms with E-state index in [0.717, 1.165) is 62.1 Å². The molecule has 0 unspecified atom stereocenters. The number of nitrogens with zero attached hydrogens (tertiary/aromatic N) is 3.